The van der Waals surface area contributed by atoms with Gasteiger partial charge in [-0.15, -0.1) is 0 Å². The van der Waals surface area contributed by atoms with Gasteiger partial charge in [-0.05, 0) is 36.4 Å². The Hall–Kier alpha value is -2.16. The summed E-state index contributed by atoms with van der Waals surface area (Å²) in [6.07, 6.45) is 0. The molecule has 0 aliphatic carbocycles. The predicted octanol–water partition coefficient (Wildman–Crippen LogP) is 3.18. The van der Waals surface area contributed by atoms with Crippen LogP contribution in [0.25, 0.3) is 0 Å². The normalized spacial score (nSPS) is 15.2. The molecular formula is C17H19N2O. The van der Waals surface area contributed by atoms with Gasteiger partial charge in [0.15, 0.2) is 0 Å². The largest absolute Gasteiger partial charge is 0.490 e. The van der Waals surface area contributed by atoms with E-state index in [-0.39, 0.29) is 0 Å². The molecule has 0 N–H and O–H groups in total. The minimum absolute atomic E-state index is 0.802. The molecule has 1 fully saturated rings. The molecule has 0 atom stereocenters. The van der Waals surface area contributed by atoms with E-state index in [0.717, 1.165) is 31.9 Å². The number of piperazine rings is 1. The first-order chi connectivity index (χ1) is 9.86. The summed E-state index contributed by atoms with van der Waals surface area (Å²) in [5, 5.41) is 0. The molecule has 2 aromatic carbocycles. The zero-order chi connectivity index (χ0) is 13.8. The average molecular weight is 267 g/mol. The lowest BCUT2D eigenvalue weighted by Gasteiger charge is -2.37. The number of hydrogen-bond acceptors (Lipinski definition) is 3. The van der Waals surface area contributed by atoms with Gasteiger partial charge in [0.1, 0.15) is 12.9 Å². The van der Waals surface area contributed by atoms with Crippen molar-refractivity contribution in [1.29, 1.82) is 0 Å². The predicted molar refractivity (Wildman–Crippen MR) is 83.3 cm³/mol. The Morgan fingerprint density at radius 2 is 1.20 bits per heavy atom. The molecule has 0 aromatic heterocycles. The molecule has 0 bridgehead atoms. The van der Waals surface area contributed by atoms with Crippen LogP contribution in [0.2, 0.25) is 0 Å². The van der Waals surface area contributed by atoms with E-state index in [1.165, 1.54) is 11.4 Å². The van der Waals surface area contributed by atoms with Crippen LogP contribution in [0.15, 0.2) is 54.6 Å². The van der Waals surface area contributed by atoms with Crippen LogP contribution in [0.5, 0.6) is 5.75 Å². The summed E-state index contributed by atoms with van der Waals surface area (Å²) in [4.78, 5) is 4.84. The molecule has 1 aliphatic rings. The van der Waals surface area contributed by atoms with Gasteiger partial charge in [0.2, 0.25) is 0 Å². The van der Waals surface area contributed by atoms with Crippen molar-refractivity contribution < 1.29 is 4.74 Å². The van der Waals surface area contributed by atoms with Crippen LogP contribution in [-0.4, -0.2) is 26.2 Å². The van der Waals surface area contributed by atoms with Crippen LogP contribution in [0.1, 0.15) is 0 Å². The number of hydrogen-bond donors (Lipinski definition) is 0. The lowest BCUT2D eigenvalue weighted by atomic mass is 10.2. The molecule has 3 heteroatoms. The molecule has 0 saturated carbocycles. The fraction of sp³-hybridized carbons (Fsp3) is 0.235. The molecule has 1 saturated heterocycles. The first kappa shape index (κ1) is 12.9. The Labute approximate surface area is 120 Å². The van der Waals surface area contributed by atoms with Gasteiger partial charge in [-0.3, -0.25) is 0 Å². The zero-order valence-corrected chi connectivity index (χ0v) is 11.5. The lowest BCUT2D eigenvalue weighted by Crippen LogP contribution is -2.46. The Morgan fingerprint density at radius 3 is 1.70 bits per heavy atom. The van der Waals surface area contributed by atoms with Crippen molar-refractivity contribution in [2.45, 2.75) is 0 Å². The summed E-state index contributed by atoms with van der Waals surface area (Å²) in [6, 6.07) is 18.7. The molecule has 1 aliphatic heterocycles. The SMILES string of the molecule is [CH2]Oc1ccc(N2CCN(c3ccccc3)CC2)cc1. The van der Waals surface area contributed by atoms with Crippen LogP contribution in [0, 0.1) is 7.11 Å². The van der Waals surface area contributed by atoms with E-state index in [1.807, 2.05) is 12.1 Å². The third-order valence-corrected chi connectivity index (χ3v) is 3.77. The highest BCUT2D eigenvalue weighted by atomic mass is 16.5. The number of para-hydroxylation sites is 1. The van der Waals surface area contributed by atoms with Crippen LogP contribution < -0.4 is 14.5 Å². The van der Waals surface area contributed by atoms with E-state index in [2.05, 4.69) is 59.4 Å². The van der Waals surface area contributed by atoms with E-state index in [9.17, 15) is 0 Å². The summed E-state index contributed by atoms with van der Waals surface area (Å²) in [5.74, 6) is 0.802. The Bertz CT molecular complexity index is 531. The van der Waals surface area contributed by atoms with Gasteiger partial charge in [-0.1, -0.05) is 18.2 Å². The fourth-order valence-electron chi connectivity index (χ4n) is 2.61. The lowest BCUT2D eigenvalue weighted by molar-refractivity contribution is 0.473. The third kappa shape index (κ3) is 2.72. The molecule has 0 unspecified atom stereocenters. The van der Waals surface area contributed by atoms with Crippen molar-refractivity contribution in [3.05, 3.63) is 61.7 Å². The highest BCUT2D eigenvalue weighted by Gasteiger charge is 2.17. The van der Waals surface area contributed by atoms with Crippen molar-refractivity contribution in [2.75, 3.05) is 36.0 Å². The van der Waals surface area contributed by atoms with Gasteiger partial charge in [-0.2, -0.15) is 0 Å². The second-order valence-electron chi connectivity index (χ2n) is 4.95. The topological polar surface area (TPSA) is 15.7 Å². The van der Waals surface area contributed by atoms with Gasteiger partial charge >= 0.3 is 0 Å². The maximum atomic E-state index is 4.95. The third-order valence-electron chi connectivity index (χ3n) is 3.77. The number of nitrogens with zero attached hydrogens (tertiary/aromatic N) is 2. The Balaban J connectivity index is 1.63. The van der Waals surface area contributed by atoms with Gasteiger partial charge in [0, 0.05) is 37.6 Å². The van der Waals surface area contributed by atoms with Crippen LogP contribution in [0.3, 0.4) is 0 Å². The molecule has 103 valence electrons. The first-order valence-corrected chi connectivity index (χ1v) is 6.94. The molecule has 3 rings (SSSR count). The first-order valence-electron chi connectivity index (χ1n) is 6.94. The second-order valence-corrected chi connectivity index (χ2v) is 4.95. The minimum Gasteiger partial charge on any atom is -0.490 e. The van der Waals surface area contributed by atoms with Crippen LogP contribution >= 0.6 is 0 Å². The molecular weight excluding hydrogens is 248 g/mol. The summed E-state index contributed by atoms with van der Waals surface area (Å²) in [7, 11) is 3.42. The summed E-state index contributed by atoms with van der Waals surface area (Å²) >= 11 is 0. The summed E-state index contributed by atoms with van der Waals surface area (Å²) in [6.45, 7) is 4.19. The monoisotopic (exact) mass is 267 g/mol. The quantitative estimate of drug-likeness (QED) is 0.849. The van der Waals surface area contributed by atoms with E-state index in [4.69, 9.17) is 4.74 Å². The molecule has 0 amide bonds. The van der Waals surface area contributed by atoms with Crippen molar-refractivity contribution in [2.24, 2.45) is 0 Å². The molecule has 20 heavy (non-hydrogen) atoms. The number of rotatable bonds is 3. The highest BCUT2D eigenvalue weighted by Crippen LogP contribution is 2.22. The average Bonchev–Trinajstić information content (AvgIpc) is 2.56. The number of ether oxygens (including phenoxy) is 1. The van der Waals surface area contributed by atoms with Gasteiger partial charge < -0.3 is 14.5 Å². The van der Waals surface area contributed by atoms with E-state index >= 15 is 0 Å². The van der Waals surface area contributed by atoms with Gasteiger partial charge in [0.25, 0.3) is 0 Å². The van der Waals surface area contributed by atoms with Crippen LogP contribution in [0.4, 0.5) is 11.4 Å². The van der Waals surface area contributed by atoms with Crippen molar-refractivity contribution >= 4 is 11.4 Å². The van der Waals surface area contributed by atoms with E-state index in [1.54, 1.807) is 0 Å². The molecule has 1 heterocycles. The minimum atomic E-state index is 0.802. The van der Waals surface area contributed by atoms with Crippen LogP contribution in [-0.2, 0) is 0 Å². The van der Waals surface area contributed by atoms with Crippen molar-refractivity contribution in [1.82, 2.24) is 0 Å². The number of anilines is 2. The Morgan fingerprint density at radius 1 is 0.700 bits per heavy atom. The van der Waals surface area contributed by atoms with Crippen molar-refractivity contribution in [3.8, 4) is 5.75 Å². The molecule has 0 spiro atoms. The van der Waals surface area contributed by atoms with Gasteiger partial charge in [-0.25, -0.2) is 0 Å². The smallest absolute Gasteiger partial charge is 0.122 e. The standard InChI is InChI=1S/C17H19N2O/c1-20-17-9-7-16(8-10-17)19-13-11-18(12-14-19)15-5-3-2-4-6-15/h2-10H,1,11-14H2. The maximum Gasteiger partial charge on any atom is 0.122 e. The maximum absolute atomic E-state index is 4.95. The molecule has 2 aromatic rings. The Kier molecular flexibility index (Phi) is 3.77. The summed E-state index contributed by atoms with van der Waals surface area (Å²) in [5.41, 5.74) is 2.56. The highest BCUT2D eigenvalue weighted by molar-refractivity contribution is 5.52. The van der Waals surface area contributed by atoms with E-state index in [0.29, 0.717) is 0 Å². The fourth-order valence-corrected chi connectivity index (χ4v) is 2.61. The van der Waals surface area contributed by atoms with E-state index < -0.39 is 0 Å². The molecule has 3 nitrogen and oxygen atoms in total. The van der Waals surface area contributed by atoms with Gasteiger partial charge in [0.05, 0.1) is 0 Å². The zero-order valence-electron chi connectivity index (χ0n) is 11.5. The number of benzene rings is 2. The molecule has 1 radical (unpaired) electrons. The summed E-state index contributed by atoms with van der Waals surface area (Å²) < 4.78 is 4.95. The van der Waals surface area contributed by atoms with Crippen molar-refractivity contribution in [3.63, 3.8) is 0 Å². The second kappa shape index (κ2) is 5.87.